The molecule has 5 heteroatoms. The average molecular weight is 231 g/mol. The van der Waals surface area contributed by atoms with E-state index in [0.717, 1.165) is 0 Å². The van der Waals surface area contributed by atoms with Crippen LogP contribution in [0.1, 0.15) is 12.0 Å². The summed E-state index contributed by atoms with van der Waals surface area (Å²) in [6, 6.07) is 7.10. The van der Waals surface area contributed by atoms with Crippen LogP contribution in [0.4, 0.5) is 5.69 Å². The Morgan fingerprint density at radius 2 is 2.24 bits per heavy atom. The Morgan fingerprint density at radius 1 is 1.41 bits per heavy atom. The average Bonchev–Trinajstić information content (AvgIpc) is 2.36. The molecule has 0 heterocycles. The van der Waals surface area contributed by atoms with Gasteiger partial charge in [0.1, 0.15) is 6.61 Å². The van der Waals surface area contributed by atoms with Crippen molar-refractivity contribution in [3.05, 3.63) is 40.3 Å². The maximum atomic E-state index is 8.53. The number of nitrogens with zero attached hydrogens (tertiary/aromatic N) is 3. The molecule has 1 rings (SSSR count). The summed E-state index contributed by atoms with van der Waals surface area (Å²) in [5, 5.41) is 12.1. The monoisotopic (exact) mass is 231 g/mol. The van der Waals surface area contributed by atoms with Gasteiger partial charge in [-0.25, -0.2) is 0 Å². The number of aliphatic hydroxyl groups is 1. The summed E-state index contributed by atoms with van der Waals surface area (Å²) < 4.78 is 5.16. The van der Waals surface area contributed by atoms with Gasteiger partial charge in [-0.15, -0.1) is 0 Å². The van der Waals surface area contributed by atoms with Gasteiger partial charge in [0.2, 0.25) is 0 Å². The minimum atomic E-state index is 0.118. The van der Waals surface area contributed by atoms with Crippen LogP contribution in [-0.2, 0) is 4.74 Å². The van der Waals surface area contributed by atoms with Crippen molar-refractivity contribution in [3.63, 3.8) is 0 Å². The van der Waals surface area contributed by atoms with Crippen LogP contribution in [0.25, 0.3) is 10.4 Å². The van der Waals surface area contributed by atoms with Gasteiger partial charge in [-0.05, 0) is 18.0 Å². The molecule has 17 heavy (non-hydrogen) atoms. The van der Waals surface area contributed by atoms with Crippen LogP contribution in [0.5, 0.6) is 0 Å². The van der Waals surface area contributed by atoms with E-state index in [9.17, 15) is 0 Å². The van der Waals surface area contributed by atoms with Crippen LogP contribution in [0.2, 0.25) is 0 Å². The number of rotatable bonds is 5. The zero-order valence-corrected chi connectivity index (χ0v) is 9.33. The molecule has 5 nitrogen and oxygen atoms in total. The Bertz CT molecular complexity index is 456. The third kappa shape index (κ3) is 5.05. The fourth-order valence-electron chi connectivity index (χ4n) is 1.14. The highest BCUT2D eigenvalue weighted by atomic mass is 16.5. The molecule has 1 N–H and O–H groups in total. The number of hydrogen-bond donors (Lipinski definition) is 1. The summed E-state index contributed by atoms with van der Waals surface area (Å²) >= 11 is 0. The Kier molecular flexibility index (Phi) is 6.30. The lowest BCUT2D eigenvalue weighted by atomic mass is 10.2. The van der Waals surface area contributed by atoms with E-state index in [1.165, 1.54) is 0 Å². The van der Waals surface area contributed by atoms with Crippen LogP contribution in [0.3, 0.4) is 0 Å². The molecule has 0 radical (unpaired) electrons. The summed E-state index contributed by atoms with van der Waals surface area (Å²) in [7, 11) is 0. The van der Waals surface area contributed by atoms with Crippen molar-refractivity contribution in [2.45, 2.75) is 6.42 Å². The number of hydrogen-bond acceptors (Lipinski definition) is 3. The molecule has 0 fully saturated rings. The number of benzene rings is 1. The van der Waals surface area contributed by atoms with Gasteiger partial charge in [-0.3, -0.25) is 0 Å². The van der Waals surface area contributed by atoms with E-state index in [2.05, 4.69) is 21.9 Å². The lowest BCUT2D eigenvalue weighted by Gasteiger charge is -1.97. The summed E-state index contributed by atoms with van der Waals surface area (Å²) in [5.41, 5.74) is 9.56. The summed E-state index contributed by atoms with van der Waals surface area (Å²) in [6.07, 6.45) is 0.608. The zero-order valence-electron chi connectivity index (χ0n) is 9.33. The smallest absolute Gasteiger partial charge is 0.108 e. The Balaban J connectivity index is 2.56. The molecular weight excluding hydrogens is 218 g/mol. The van der Waals surface area contributed by atoms with Crippen LogP contribution >= 0.6 is 0 Å². The van der Waals surface area contributed by atoms with Gasteiger partial charge < -0.3 is 9.84 Å². The van der Waals surface area contributed by atoms with E-state index in [-0.39, 0.29) is 6.61 Å². The summed E-state index contributed by atoms with van der Waals surface area (Å²) in [5.74, 6) is 5.69. The third-order valence-electron chi connectivity index (χ3n) is 1.90. The van der Waals surface area contributed by atoms with E-state index in [0.29, 0.717) is 30.9 Å². The van der Waals surface area contributed by atoms with E-state index >= 15 is 0 Å². The van der Waals surface area contributed by atoms with Gasteiger partial charge in [-0.1, -0.05) is 35.2 Å². The van der Waals surface area contributed by atoms with Gasteiger partial charge in [-0.2, -0.15) is 0 Å². The van der Waals surface area contributed by atoms with E-state index in [1.807, 2.05) is 6.07 Å². The first kappa shape index (κ1) is 13.1. The van der Waals surface area contributed by atoms with Crippen molar-refractivity contribution in [1.82, 2.24) is 0 Å². The predicted octanol–water partition coefficient (Wildman–Crippen LogP) is 2.38. The van der Waals surface area contributed by atoms with Crippen LogP contribution in [0.15, 0.2) is 29.4 Å². The van der Waals surface area contributed by atoms with Gasteiger partial charge in [0.25, 0.3) is 0 Å². The van der Waals surface area contributed by atoms with Crippen molar-refractivity contribution >= 4 is 5.69 Å². The molecule has 0 aliphatic heterocycles. The molecule has 0 aromatic heterocycles. The van der Waals surface area contributed by atoms with Crippen LogP contribution < -0.4 is 0 Å². The molecule has 0 saturated carbocycles. The molecule has 1 aromatic rings. The molecule has 0 amide bonds. The molecule has 0 unspecified atom stereocenters. The number of aliphatic hydroxyl groups excluding tert-OH is 1. The molecule has 1 aromatic carbocycles. The minimum Gasteiger partial charge on any atom is -0.396 e. The molecule has 0 aliphatic carbocycles. The fraction of sp³-hybridized carbons (Fsp3) is 0.333. The normalized spacial score (nSPS) is 9.00. The second-order valence-electron chi connectivity index (χ2n) is 3.14. The van der Waals surface area contributed by atoms with Gasteiger partial charge in [0, 0.05) is 17.1 Å². The highest BCUT2D eigenvalue weighted by molar-refractivity contribution is 5.54. The first-order valence-corrected chi connectivity index (χ1v) is 5.20. The van der Waals surface area contributed by atoms with Gasteiger partial charge in [0.05, 0.1) is 12.3 Å². The maximum absolute atomic E-state index is 8.53. The quantitative estimate of drug-likeness (QED) is 0.277. The predicted molar refractivity (Wildman–Crippen MR) is 64.6 cm³/mol. The minimum absolute atomic E-state index is 0.118. The zero-order chi connectivity index (χ0) is 12.3. The molecule has 88 valence electrons. The maximum Gasteiger partial charge on any atom is 0.108 e. The van der Waals surface area contributed by atoms with Gasteiger partial charge >= 0.3 is 0 Å². The Morgan fingerprint density at radius 3 is 3.00 bits per heavy atom. The summed E-state index contributed by atoms with van der Waals surface area (Å²) in [4.78, 5) is 2.73. The van der Waals surface area contributed by atoms with E-state index in [1.54, 1.807) is 18.2 Å². The first-order chi connectivity index (χ1) is 8.38. The highest BCUT2D eigenvalue weighted by Gasteiger charge is 1.94. The second-order valence-corrected chi connectivity index (χ2v) is 3.14. The van der Waals surface area contributed by atoms with Crippen molar-refractivity contribution < 1.29 is 9.84 Å². The first-order valence-electron chi connectivity index (χ1n) is 5.20. The third-order valence-corrected chi connectivity index (χ3v) is 1.90. The van der Waals surface area contributed by atoms with Crippen LogP contribution in [-0.4, -0.2) is 24.9 Å². The van der Waals surface area contributed by atoms with Crippen molar-refractivity contribution in [1.29, 1.82) is 0 Å². The Hall–Kier alpha value is -1.99. The molecule has 0 saturated heterocycles. The lowest BCUT2D eigenvalue weighted by Crippen LogP contribution is -1.96. The van der Waals surface area contributed by atoms with Crippen LogP contribution in [0, 0.1) is 11.8 Å². The molecule has 0 aliphatic rings. The number of ether oxygens (including phenoxy) is 1. The SMILES string of the molecule is [N-]=[N+]=Nc1ccccc1C#CCOCCCO. The number of azide groups is 1. The molecule has 0 atom stereocenters. The standard InChI is InChI=1S/C12H13N3O2/c13-15-14-12-7-2-1-5-11(12)6-3-9-17-10-4-8-16/h1-2,5,7,16H,4,8-10H2. The molecule has 0 bridgehead atoms. The van der Waals surface area contributed by atoms with Crippen molar-refractivity contribution in [2.24, 2.45) is 5.11 Å². The topological polar surface area (TPSA) is 78.2 Å². The van der Waals surface area contributed by atoms with Crippen molar-refractivity contribution in [3.8, 4) is 11.8 Å². The largest absolute Gasteiger partial charge is 0.396 e. The summed E-state index contributed by atoms with van der Waals surface area (Å²) in [6.45, 7) is 0.904. The fourth-order valence-corrected chi connectivity index (χ4v) is 1.14. The van der Waals surface area contributed by atoms with Gasteiger partial charge in [0.15, 0.2) is 0 Å². The van der Waals surface area contributed by atoms with E-state index in [4.69, 9.17) is 15.4 Å². The molecule has 0 spiro atoms. The molecular formula is C12H13N3O2. The van der Waals surface area contributed by atoms with E-state index < -0.39 is 0 Å². The van der Waals surface area contributed by atoms with Crippen molar-refractivity contribution in [2.75, 3.05) is 19.8 Å². The second kappa shape index (κ2) is 8.20. The highest BCUT2D eigenvalue weighted by Crippen LogP contribution is 2.17. The Labute approximate surface area is 99.7 Å². The lowest BCUT2D eigenvalue weighted by molar-refractivity contribution is 0.142.